The number of carboxylic acid groups (broad SMARTS) is 1. The minimum Gasteiger partial charge on any atom is -0.481 e. The number of hydrogen-bond acceptors (Lipinski definition) is 4. The first-order valence-electron chi connectivity index (χ1n) is 12.1. The van der Waals surface area contributed by atoms with Gasteiger partial charge in [0.2, 0.25) is 5.91 Å². The Kier molecular flexibility index (Phi) is 10.8. The van der Waals surface area contributed by atoms with Crippen LogP contribution >= 0.6 is 0 Å². The highest BCUT2D eigenvalue weighted by Gasteiger charge is 2.26. The van der Waals surface area contributed by atoms with Gasteiger partial charge in [0, 0.05) is 36.5 Å². The molecule has 1 aromatic carbocycles. The summed E-state index contributed by atoms with van der Waals surface area (Å²) in [5.74, 6) is 5.22. The van der Waals surface area contributed by atoms with E-state index in [1.165, 1.54) is 0 Å². The molecule has 0 aromatic heterocycles. The molecule has 3 rings (SSSR count). The summed E-state index contributed by atoms with van der Waals surface area (Å²) in [5, 5.41) is 16.8. The monoisotopic (exact) mass is 476 g/mol. The fourth-order valence-corrected chi connectivity index (χ4v) is 3.93. The summed E-state index contributed by atoms with van der Waals surface area (Å²) in [6.07, 6.45) is 9.75. The van der Waals surface area contributed by atoms with Crippen molar-refractivity contribution in [1.29, 1.82) is 5.41 Å². The minimum absolute atomic E-state index is 0.0310. The summed E-state index contributed by atoms with van der Waals surface area (Å²) in [6.45, 7) is 8.21. The number of likely N-dealkylation sites (tertiary alicyclic amines) is 1. The zero-order chi connectivity index (χ0) is 25.8. The largest absolute Gasteiger partial charge is 0.481 e. The van der Waals surface area contributed by atoms with E-state index in [9.17, 15) is 9.59 Å². The Morgan fingerprint density at radius 3 is 2.63 bits per heavy atom. The van der Waals surface area contributed by atoms with Gasteiger partial charge in [0.15, 0.2) is 0 Å². The number of amides is 1. The van der Waals surface area contributed by atoms with E-state index in [1.807, 2.05) is 60.9 Å². The molecular weight excluding hydrogens is 440 g/mol. The molecule has 0 bridgehead atoms. The molecule has 2 aliphatic rings. The maximum absolute atomic E-state index is 12.8. The molecule has 7 nitrogen and oxygen atoms in total. The van der Waals surface area contributed by atoms with Gasteiger partial charge in [-0.15, -0.1) is 0 Å². The molecule has 1 fully saturated rings. The van der Waals surface area contributed by atoms with Crippen LogP contribution in [0.1, 0.15) is 45.6 Å². The minimum atomic E-state index is -0.889. The van der Waals surface area contributed by atoms with Crippen molar-refractivity contribution in [3.63, 3.8) is 0 Å². The van der Waals surface area contributed by atoms with Crippen molar-refractivity contribution in [2.24, 2.45) is 11.7 Å². The molecule has 1 unspecified atom stereocenters. The van der Waals surface area contributed by atoms with Gasteiger partial charge in [0.25, 0.3) is 0 Å². The maximum atomic E-state index is 12.8. The highest BCUT2D eigenvalue weighted by molar-refractivity contribution is 5.95. The lowest BCUT2D eigenvalue weighted by Gasteiger charge is -2.22. The highest BCUT2D eigenvalue weighted by atomic mass is 16.4. The average Bonchev–Trinajstić information content (AvgIpc) is 3.33. The third-order valence-electron chi connectivity index (χ3n) is 5.76. The van der Waals surface area contributed by atoms with Gasteiger partial charge < -0.3 is 20.6 Å². The zero-order valence-corrected chi connectivity index (χ0v) is 20.9. The topological polar surface area (TPSA) is 111 Å². The third-order valence-corrected chi connectivity index (χ3v) is 5.76. The van der Waals surface area contributed by atoms with E-state index < -0.39 is 5.97 Å². The smallest absolute Gasteiger partial charge is 0.305 e. The van der Waals surface area contributed by atoms with Crippen LogP contribution in [0, 0.1) is 23.2 Å². The van der Waals surface area contributed by atoms with Gasteiger partial charge in [-0.3, -0.25) is 15.0 Å². The number of rotatable bonds is 7. The summed E-state index contributed by atoms with van der Waals surface area (Å²) in [7, 11) is 0. The number of aliphatic carboxylic acids is 1. The number of nitrogens with zero attached hydrogens (tertiary/aromatic N) is 2. The number of nitrogens with two attached hydrogens (primary N) is 1. The van der Waals surface area contributed by atoms with Crippen molar-refractivity contribution >= 4 is 23.4 Å². The first-order chi connectivity index (χ1) is 16.8. The Morgan fingerprint density at radius 2 is 1.97 bits per heavy atom. The number of benzene rings is 1. The molecule has 4 N–H and O–H groups in total. The van der Waals surface area contributed by atoms with Crippen LogP contribution in [0.25, 0.3) is 0 Å². The Hall–Kier alpha value is -3.79. The molecule has 186 valence electrons. The molecule has 1 aromatic rings. The van der Waals surface area contributed by atoms with Crippen molar-refractivity contribution < 1.29 is 14.7 Å². The summed E-state index contributed by atoms with van der Waals surface area (Å²) in [6, 6.07) is 7.14. The van der Waals surface area contributed by atoms with Crippen molar-refractivity contribution in [2.75, 3.05) is 31.1 Å². The Balaban J connectivity index is 0.00000210. The predicted octanol–water partition coefficient (Wildman–Crippen LogP) is 3.96. The van der Waals surface area contributed by atoms with E-state index in [0.717, 1.165) is 42.8 Å². The summed E-state index contributed by atoms with van der Waals surface area (Å²) in [4.78, 5) is 27.7. The van der Waals surface area contributed by atoms with E-state index >= 15 is 0 Å². The molecule has 0 saturated carbocycles. The number of allylic oxidation sites excluding steroid dienone is 4. The van der Waals surface area contributed by atoms with Gasteiger partial charge in [0.1, 0.15) is 5.84 Å². The average molecular weight is 477 g/mol. The Labute approximate surface area is 208 Å². The standard InChI is InChI=1S/C26H30N4O3.C2H6/c1-19-17-20(7-4-11-23(19)26(33)30-13-2-3-14-30)8-6-15-29(16-12-24(31)32)22-10-5-9-21(18-22)25(27)28;1-2/h4-5,7,9-11,17-18,23H,2-3,12-16H2,1H3,(H3,27,28)(H,31,32);1-2H3. The van der Waals surface area contributed by atoms with Crippen LogP contribution in [0.2, 0.25) is 0 Å². The summed E-state index contributed by atoms with van der Waals surface area (Å²) >= 11 is 0. The first kappa shape index (κ1) is 27.5. The Bertz CT molecular complexity index is 1070. The molecule has 1 heterocycles. The fraction of sp³-hybridized carbons (Fsp3) is 0.393. The molecular formula is C28H36N4O3. The van der Waals surface area contributed by atoms with Crippen LogP contribution in [-0.4, -0.2) is 53.9 Å². The second-order valence-corrected chi connectivity index (χ2v) is 8.24. The lowest BCUT2D eigenvalue weighted by Crippen LogP contribution is -2.33. The van der Waals surface area contributed by atoms with Gasteiger partial charge in [-0.2, -0.15) is 0 Å². The molecule has 0 spiro atoms. The quantitative estimate of drug-likeness (QED) is 0.313. The van der Waals surface area contributed by atoms with E-state index in [0.29, 0.717) is 12.1 Å². The van der Waals surface area contributed by atoms with Gasteiger partial charge in [-0.05, 0) is 44.1 Å². The number of anilines is 1. The summed E-state index contributed by atoms with van der Waals surface area (Å²) in [5.41, 5.74) is 8.69. The van der Waals surface area contributed by atoms with Crippen molar-refractivity contribution in [1.82, 2.24) is 4.90 Å². The van der Waals surface area contributed by atoms with Crippen LogP contribution in [0.4, 0.5) is 5.69 Å². The number of amidine groups is 1. The second kappa shape index (κ2) is 13.8. The number of hydrogen-bond donors (Lipinski definition) is 3. The number of nitrogen functional groups attached to an aromatic ring is 1. The normalized spacial score (nSPS) is 16.5. The molecule has 1 atom stereocenters. The molecule has 1 saturated heterocycles. The van der Waals surface area contributed by atoms with Crippen LogP contribution in [-0.2, 0) is 9.59 Å². The van der Waals surface area contributed by atoms with Crippen LogP contribution in [0.15, 0.2) is 59.7 Å². The molecule has 1 aliphatic heterocycles. The van der Waals surface area contributed by atoms with E-state index in [4.69, 9.17) is 16.2 Å². The lowest BCUT2D eigenvalue weighted by atomic mass is 9.98. The first-order valence-corrected chi connectivity index (χ1v) is 12.1. The van der Waals surface area contributed by atoms with Crippen LogP contribution in [0.5, 0.6) is 0 Å². The van der Waals surface area contributed by atoms with Crippen LogP contribution < -0.4 is 10.6 Å². The zero-order valence-electron chi connectivity index (χ0n) is 20.9. The maximum Gasteiger partial charge on any atom is 0.305 e. The highest BCUT2D eigenvalue weighted by Crippen LogP contribution is 2.23. The van der Waals surface area contributed by atoms with Gasteiger partial charge >= 0.3 is 5.97 Å². The van der Waals surface area contributed by atoms with Gasteiger partial charge in [-0.25, -0.2) is 0 Å². The van der Waals surface area contributed by atoms with Crippen molar-refractivity contribution in [2.45, 2.75) is 40.0 Å². The number of carboxylic acids is 1. The fourth-order valence-electron chi connectivity index (χ4n) is 3.93. The molecule has 0 radical (unpaired) electrons. The molecule has 1 aliphatic carbocycles. The number of carbonyl (C=O) groups excluding carboxylic acids is 1. The molecule has 7 heteroatoms. The van der Waals surface area contributed by atoms with E-state index in [2.05, 4.69) is 11.8 Å². The van der Waals surface area contributed by atoms with Gasteiger partial charge in [-0.1, -0.05) is 55.5 Å². The third kappa shape index (κ3) is 8.18. The van der Waals surface area contributed by atoms with Crippen LogP contribution in [0.3, 0.4) is 0 Å². The van der Waals surface area contributed by atoms with E-state index in [1.54, 1.807) is 18.2 Å². The van der Waals surface area contributed by atoms with Crippen molar-refractivity contribution in [3.05, 3.63) is 65.3 Å². The van der Waals surface area contributed by atoms with E-state index in [-0.39, 0.29) is 30.6 Å². The lowest BCUT2D eigenvalue weighted by molar-refractivity contribution is -0.136. The molecule has 1 amide bonds. The van der Waals surface area contributed by atoms with Gasteiger partial charge in [0.05, 0.1) is 18.9 Å². The predicted molar refractivity (Wildman–Crippen MR) is 141 cm³/mol. The number of nitrogens with one attached hydrogen (secondary N) is 1. The van der Waals surface area contributed by atoms with Crippen molar-refractivity contribution in [3.8, 4) is 11.8 Å². The second-order valence-electron chi connectivity index (χ2n) is 8.24. The SMILES string of the molecule is CC.CC1=CC(C#CCN(CCC(=O)O)c2cccc(C(=N)N)c2)=CC=CC1C(=O)N1CCCC1. The Morgan fingerprint density at radius 1 is 1.26 bits per heavy atom. The molecule has 35 heavy (non-hydrogen) atoms. The number of carbonyl (C=O) groups is 2. The summed E-state index contributed by atoms with van der Waals surface area (Å²) < 4.78 is 0.